The van der Waals surface area contributed by atoms with Gasteiger partial charge < -0.3 is 11.5 Å². The number of amides is 1. The molecule has 0 aliphatic rings. The predicted octanol–water partition coefficient (Wildman–Crippen LogP) is 1.66. The monoisotopic (exact) mass is 262 g/mol. The molecule has 13 heavy (non-hydrogen) atoms. The fourth-order valence-electron chi connectivity index (χ4n) is 0.986. The van der Waals surface area contributed by atoms with Crippen LogP contribution in [0, 0.1) is 0 Å². The highest BCUT2D eigenvalue weighted by molar-refractivity contribution is 9.10. The SMILES string of the molecule is NCc1cc(Br)c(Cl)cc1C(N)=O. The van der Waals surface area contributed by atoms with Crippen molar-refractivity contribution in [1.82, 2.24) is 0 Å². The Morgan fingerprint density at radius 1 is 1.54 bits per heavy atom. The summed E-state index contributed by atoms with van der Waals surface area (Å²) >= 11 is 9.02. The number of primary amides is 1. The van der Waals surface area contributed by atoms with Gasteiger partial charge in [0, 0.05) is 16.6 Å². The summed E-state index contributed by atoms with van der Waals surface area (Å²) in [7, 11) is 0. The van der Waals surface area contributed by atoms with E-state index in [1.807, 2.05) is 0 Å². The minimum Gasteiger partial charge on any atom is -0.366 e. The third kappa shape index (κ3) is 2.21. The molecule has 0 aromatic heterocycles. The van der Waals surface area contributed by atoms with E-state index < -0.39 is 5.91 Å². The quantitative estimate of drug-likeness (QED) is 0.852. The van der Waals surface area contributed by atoms with E-state index in [0.29, 0.717) is 20.6 Å². The van der Waals surface area contributed by atoms with Gasteiger partial charge in [0.2, 0.25) is 5.91 Å². The second-order valence-corrected chi connectivity index (χ2v) is 3.75. The lowest BCUT2D eigenvalue weighted by Gasteiger charge is -2.06. The lowest BCUT2D eigenvalue weighted by molar-refractivity contribution is 0.0999. The Bertz CT molecular complexity index is 354. The summed E-state index contributed by atoms with van der Waals surface area (Å²) in [4.78, 5) is 10.9. The highest BCUT2D eigenvalue weighted by Gasteiger charge is 2.09. The molecule has 1 aromatic rings. The van der Waals surface area contributed by atoms with Crippen molar-refractivity contribution in [1.29, 1.82) is 0 Å². The molecule has 0 aliphatic heterocycles. The minimum absolute atomic E-state index is 0.258. The molecular formula is C8H8BrClN2O. The van der Waals surface area contributed by atoms with Gasteiger partial charge in [-0.3, -0.25) is 4.79 Å². The average molecular weight is 264 g/mol. The lowest BCUT2D eigenvalue weighted by atomic mass is 10.1. The minimum atomic E-state index is -0.519. The van der Waals surface area contributed by atoms with Gasteiger partial charge in [0.1, 0.15) is 0 Å². The van der Waals surface area contributed by atoms with Gasteiger partial charge in [-0.25, -0.2) is 0 Å². The Balaban J connectivity index is 3.33. The average Bonchev–Trinajstić information content (AvgIpc) is 2.08. The zero-order chi connectivity index (χ0) is 10.0. The summed E-state index contributed by atoms with van der Waals surface area (Å²) in [5.41, 5.74) is 11.6. The van der Waals surface area contributed by atoms with Crippen LogP contribution in [0.15, 0.2) is 16.6 Å². The van der Waals surface area contributed by atoms with Crippen molar-refractivity contribution in [3.63, 3.8) is 0 Å². The third-order valence-electron chi connectivity index (χ3n) is 1.63. The number of nitrogens with two attached hydrogens (primary N) is 2. The molecule has 1 aromatic carbocycles. The molecule has 1 amide bonds. The first kappa shape index (κ1) is 10.5. The molecule has 0 unspecified atom stereocenters. The summed E-state index contributed by atoms with van der Waals surface area (Å²) < 4.78 is 0.708. The van der Waals surface area contributed by atoms with Gasteiger partial charge in [-0.1, -0.05) is 11.6 Å². The van der Waals surface area contributed by atoms with Crippen molar-refractivity contribution in [3.05, 3.63) is 32.8 Å². The third-order valence-corrected chi connectivity index (χ3v) is 2.83. The number of carbonyl (C=O) groups is 1. The molecule has 0 bridgehead atoms. The Kier molecular flexibility index (Phi) is 3.30. The first-order chi connectivity index (χ1) is 6.06. The van der Waals surface area contributed by atoms with E-state index in [9.17, 15) is 4.79 Å². The van der Waals surface area contributed by atoms with Gasteiger partial charge in [-0.15, -0.1) is 0 Å². The van der Waals surface area contributed by atoms with E-state index in [2.05, 4.69) is 15.9 Å². The van der Waals surface area contributed by atoms with Crippen LogP contribution in [-0.2, 0) is 6.54 Å². The van der Waals surface area contributed by atoms with Crippen molar-refractivity contribution in [2.75, 3.05) is 0 Å². The molecule has 0 heterocycles. The molecule has 0 atom stereocenters. The van der Waals surface area contributed by atoms with Crippen LogP contribution in [0.1, 0.15) is 15.9 Å². The number of benzene rings is 1. The fraction of sp³-hybridized carbons (Fsp3) is 0.125. The molecule has 0 radical (unpaired) electrons. The summed E-state index contributed by atoms with van der Waals surface area (Å²) in [6.07, 6.45) is 0. The summed E-state index contributed by atoms with van der Waals surface area (Å²) in [6, 6.07) is 3.21. The van der Waals surface area contributed by atoms with Crippen molar-refractivity contribution in [2.45, 2.75) is 6.54 Å². The summed E-state index contributed by atoms with van der Waals surface area (Å²) in [6.45, 7) is 0.258. The zero-order valence-corrected chi connectivity index (χ0v) is 9.02. The number of rotatable bonds is 2. The second-order valence-electron chi connectivity index (χ2n) is 2.49. The van der Waals surface area contributed by atoms with Crippen LogP contribution >= 0.6 is 27.5 Å². The highest BCUT2D eigenvalue weighted by Crippen LogP contribution is 2.26. The topological polar surface area (TPSA) is 69.1 Å². The number of hydrogen-bond acceptors (Lipinski definition) is 2. The molecule has 70 valence electrons. The van der Waals surface area contributed by atoms with Crippen molar-refractivity contribution in [3.8, 4) is 0 Å². The molecular weight excluding hydrogens is 255 g/mol. The van der Waals surface area contributed by atoms with Crippen molar-refractivity contribution < 1.29 is 4.79 Å². The maximum atomic E-state index is 10.9. The first-order valence-corrected chi connectivity index (χ1v) is 4.71. The van der Waals surface area contributed by atoms with Crippen molar-refractivity contribution in [2.24, 2.45) is 11.5 Å². The molecule has 1 rings (SSSR count). The zero-order valence-electron chi connectivity index (χ0n) is 6.68. The Labute approximate surface area is 89.2 Å². The van der Waals surface area contributed by atoms with Crippen LogP contribution < -0.4 is 11.5 Å². The fourth-order valence-corrected chi connectivity index (χ4v) is 1.54. The molecule has 0 spiro atoms. The van der Waals surface area contributed by atoms with E-state index >= 15 is 0 Å². The predicted molar refractivity (Wildman–Crippen MR) is 55.6 cm³/mol. The van der Waals surface area contributed by atoms with Crippen LogP contribution in [0.4, 0.5) is 0 Å². The van der Waals surface area contributed by atoms with E-state index in [4.69, 9.17) is 23.1 Å². The standard InChI is InChI=1S/C8H8BrClN2O/c9-6-1-4(3-11)5(8(12)13)2-7(6)10/h1-2H,3,11H2,(H2,12,13). The summed E-state index contributed by atoms with van der Waals surface area (Å²) in [5.74, 6) is -0.519. The van der Waals surface area contributed by atoms with Gasteiger partial charge in [-0.05, 0) is 33.6 Å². The van der Waals surface area contributed by atoms with Crippen molar-refractivity contribution >= 4 is 33.4 Å². The van der Waals surface area contributed by atoms with Gasteiger partial charge in [-0.2, -0.15) is 0 Å². The maximum absolute atomic E-state index is 10.9. The van der Waals surface area contributed by atoms with Crippen LogP contribution in [0.5, 0.6) is 0 Å². The normalized spacial score (nSPS) is 10.1. The van der Waals surface area contributed by atoms with Gasteiger partial charge >= 0.3 is 0 Å². The molecule has 5 heteroatoms. The van der Waals surface area contributed by atoms with Gasteiger partial charge in [0.25, 0.3) is 0 Å². The van der Waals surface area contributed by atoms with E-state index in [-0.39, 0.29) is 6.54 Å². The highest BCUT2D eigenvalue weighted by atomic mass is 79.9. The molecule has 4 N–H and O–H groups in total. The van der Waals surface area contributed by atoms with Gasteiger partial charge in [0.15, 0.2) is 0 Å². The largest absolute Gasteiger partial charge is 0.366 e. The van der Waals surface area contributed by atoms with Crippen LogP contribution in [0.2, 0.25) is 5.02 Å². The van der Waals surface area contributed by atoms with Crippen LogP contribution in [-0.4, -0.2) is 5.91 Å². The van der Waals surface area contributed by atoms with E-state index in [1.165, 1.54) is 6.07 Å². The smallest absolute Gasteiger partial charge is 0.249 e. The van der Waals surface area contributed by atoms with Crippen LogP contribution in [0.3, 0.4) is 0 Å². The number of hydrogen-bond donors (Lipinski definition) is 2. The molecule has 0 saturated carbocycles. The second kappa shape index (κ2) is 4.09. The van der Waals surface area contributed by atoms with E-state index in [1.54, 1.807) is 6.07 Å². The maximum Gasteiger partial charge on any atom is 0.249 e. The number of halogens is 2. The van der Waals surface area contributed by atoms with Gasteiger partial charge in [0.05, 0.1) is 5.02 Å². The lowest BCUT2D eigenvalue weighted by Crippen LogP contribution is -2.15. The van der Waals surface area contributed by atoms with E-state index in [0.717, 1.165) is 0 Å². The Hall–Kier alpha value is -0.580. The Morgan fingerprint density at radius 3 is 2.62 bits per heavy atom. The summed E-state index contributed by atoms with van der Waals surface area (Å²) in [5, 5.41) is 0.450. The van der Waals surface area contributed by atoms with Crippen LogP contribution in [0.25, 0.3) is 0 Å². The molecule has 0 fully saturated rings. The first-order valence-electron chi connectivity index (χ1n) is 3.54. The molecule has 0 aliphatic carbocycles. The number of carbonyl (C=O) groups excluding carboxylic acids is 1. The molecule has 0 saturated heterocycles. The molecule has 3 nitrogen and oxygen atoms in total. The Morgan fingerprint density at radius 2 is 2.15 bits per heavy atom.